The summed E-state index contributed by atoms with van der Waals surface area (Å²) in [4.78, 5) is 15.9. The van der Waals surface area contributed by atoms with Gasteiger partial charge < -0.3 is 11.1 Å². The summed E-state index contributed by atoms with van der Waals surface area (Å²) >= 11 is 1.78. The van der Waals surface area contributed by atoms with Crippen LogP contribution in [-0.2, 0) is 0 Å². The van der Waals surface area contributed by atoms with Crippen molar-refractivity contribution in [2.24, 2.45) is 10.7 Å². The summed E-state index contributed by atoms with van der Waals surface area (Å²) in [6.45, 7) is 6.59. The number of aryl methyl sites for hydroxylation is 2. The molecule has 0 saturated carbocycles. The van der Waals surface area contributed by atoms with E-state index in [1.165, 1.54) is 0 Å². The molecule has 118 valence electrons. The SMILES string of the molecule is CCSCCN=C(N)NC(=O)Nc1c(C)cccc1C.Cl. The minimum Gasteiger partial charge on any atom is -0.370 e. The molecule has 1 aromatic rings. The van der Waals surface area contributed by atoms with Gasteiger partial charge in [0.2, 0.25) is 0 Å². The lowest BCUT2D eigenvalue weighted by atomic mass is 10.1. The number of aliphatic imine (C=N–C) groups is 1. The number of carbonyl (C=O) groups excluding carboxylic acids is 1. The van der Waals surface area contributed by atoms with Crippen LogP contribution in [0.25, 0.3) is 0 Å². The van der Waals surface area contributed by atoms with Gasteiger partial charge in [-0.1, -0.05) is 25.1 Å². The van der Waals surface area contributed by atoms with Gasteiger partial charge in [0.15, 0.2) is 5.96 Å². The molecule has 2 amide bonds. The lowest BCUT2D eigenvalue weighted by Gasteiger charge is -2.12. The van der Waals surface area contributed by atoms with E-state index in [4.69, 9.17) is 5.73 Å². The molecule has 0 aliphatic rings. The van der Waals surface area contributed by atoms with Gasteiger partial charge in [-0.25, -0.2) is 4.79 Å². The van der Waals surface area contributed by atoms with E-state index in [-0.39, 0.29) is 24.4 Å². The van der Waals surface area contributed by atoms with Crippen molar-refractivity contribution >= 4 is 41.8 Å². The van der Waals surface area contributed by atoms with Crippen LogP contribution >= 0.6 is 24.2 Å². The Bertz CT molecular complexity index is 474. The van der Waals surface area contributed by atoms with Crippen molar-refractivity contribution < 1.29 is 4.79 Å². The third-order valence-electron chi connectivity index (χ3n) is 2.68. The molecule has 0 unspecified atom stereocenters. The summed E-state index contributed by atoms with van der Waals surface area (Å²) in [6.07, 6.45) is 0. The fourth-order valence-electron chi connectivity index (χ4n) is 1.69. The predicted molar refractivity (Wildman–Crippen MR) is 94.8 cm³/mol. The first-order valence-electron chi connectivity index (χ1n) is 6.56. The van der Waals surface area contributed by atoms with Crippen LogP contribution in [0.2, 0.25) is 0 Å². The number of hydrogen-bond donors (Lipinski definition) is 3. The van der Waals surface area contributed by atoms with Crippen LogP contribution in [0.5, 0.6) is 0 Å². The van der Waals surface area contributed by atoms with Crippen molar-refractivity contribution in [3.8, 4) is 0 Å². The number of guanidine groups is 1. The Morgan fingerprint density at radius 3 is 2.52 bits per heavy atom. The van der Waals surface area contributed by atoms with E-state index in [9.17, 15) is 4.79 Å². The average Bonchev–Trinajstić information content (AvgIpc) is 2.39. The molecule has 0 radical (unpaired) electrons. The van der Waals surface area contributed by atoms with Crippen molar-refractivity contribution in [2.45, 2.75) is 20.8 Å². The van der Waals surface area contributed by atoms with Crippen LogP contribution in [0.15, 0.2) is 23.2 Å². The molecule has 1 aromatic carbocycles. The summed E-state index contributed by atoms with van der Waals surface area (Å²) in [6, 6.07) is 5.48. The Kier molecular flexibility index (Phi) is 9.65. The maximum absolute atomic E-state index is 11.8. The zero-order chi connectivity index (χ0) is 15.0. The fourth-order valence-corrected chi connectivity index (χ4v) is 2.20. The first kappa shape index (κ1) is 19.6. The number of nitrogens with zero attached hydrogens (tertiary/aromatic N) is 1. The number of urea groups is 1. The van der Waals surface area contributed by atoms with Gasteiger partial charge in [0.05, 0.1) is 6.54 Å². The number of hydrogen-bond acceptors (Lipinski definition) is 3. The van der Waals surface area contributed by atoms with Gasteiger partial charge in [0, 0.05) is 11.4 Å². The van der Waals surface area contributed by atoms with Crippen LogP contribution < -0.4 is 16.4 Å². The summed E-state index contributed by atoms with van der Waals surface area (Å²) in [5.74, 6) is 2.10. The second-order valence-electron chi connectivity index (χ2n) is 4.31. The largest absolute Gasteiger partial charge is 0.370 e. The fraction of sp³-hybridized carbons (Fsp3) is 0.429. The smallest absolute Gasteiger partial charge is 0.326 e. The minimum atomic E-state index is -0.369. The minimum absolute atomic E-state index is 0. The van der Waals surface area contributed by atoms with Crippen LogP contribution in [0.1, 0.15) is 18.1 Å². The summed E-state index contributed by atoms with van der Waals surface area (Å²) in [5.41, 5.74) is 8.48. The van der Waals surface area contributed by atoms with Gasteiger partial charge >= 0.3 is 6.03 Å². The van der Waals surface area contributed by atoms with E-state index in [1.807, 2.05) is 32.0 Å². The highest BCUT2D eigenvalue weighted by atomic mass is 35.5. The molecule has 0 aromatic heterocycles. The topological polar surface area (TPSA) is 79.5 Å². The number of nitrogens with one attached hydrogen (secondary N) is 2. The molecule has 0 aliphatic heterocycles. The number of anilines is 1. The number of benzene rings is 1. The third kappa shape index (κ3) is 7.24. The Labute approximate surface area is 136 Å². The third-order valence-corrected chi connectivity index (χ3v) is 3.56. The quantitative estimate of drug-likeness (QED) is 0.441. The average molecular weight is 331 g/mol. The molecule has 1 rings (SSSR count). The molecule has 0 aliphatic carbocycles. The second kappa shape index (κ2) is 10.3. The van der Waals surface area contributed by atoms with Gasteiger partial charge in [-0.15, -0.1) is 12.4 Å². The molecule has 0 bridgehead atoms. The highest BCUT2D eigenvalue weighted by Crippen LogP contribution is 2.18. The number of rotatable bonds is 5. The number of amides is 2. The molecule has 0 saturated heterocycles. The summed E-state index contributed by atoms with van der Waals surface area (Å²) in [7, 11) is 0. The lowest BCUT2D eigenvalue weighted by molar-refractivity contribution is 0.256. The zero-order valence-electron chi connectivity index (χ0n) is 12.6. The van der Waals surface area contributed by atoms with E-state index >= 15 is 0 Å². The van der Waals surface area contributed by atoms with Crippen LogP contribution in [-0.4, -0.2) is 30.0 Å². The molecule has 7 heteroatoms. The standard InChI is InChI=1S/C14H22N4OS.ClH/c1-4-20-9-8-16-13(15)18-14(19)17-12-10(2)6-5-7-11(12)3;/h5-7H,4,8-9H2,1-3H3,(H4,15,16,17,18,19);1H. The van der Waals surface area contributed by atoms with Crippen molar-refractivity contribution in [3.63, 3.8) is 0 Å². The van der Waals surface area contributed by atoms with Gasteiger partial charge in [-0.2, -0.15) is 11.8 Å². The molecule has 4 N–H and O–H groups in total. The number of nitrogens with two attached hydrogens (primary N) is 1. The number of para-hydroxylation sites is 1. The van der Waals surface area contributed by atoms with Gasteiger partial charge in [0.1, 0.15) is 0 Å². The van der Waals surface area contributed by atoms with E-state index in [1.54, 1.807) is 11.8 Å². The van der Waals surface area contributed by atoms with E-state index in [0.29, 0.717) is 6.54 Å². The highest BCUT2D eigenvalue weighted by Gasteiger charge is 2.07. The van der Waals surface area contributed by atoms with Gasteiger partial charge in [0.25, 0.3) is 0 Å². The first-order valence-corrected chi connectivity index (χ1v) is 7.72. The normalized spacial score (nSPS) is 10.7. The Morgan fingerprint density at radius 2 is 1.95 bits per heavy atom. The van der Waals surface area contributed by atoms with Gasteiger partial charge in [-0.3, -0.25) is 10.3 Å². The predicted octanol–water partition coefficient (Wildman–Crippen LogP) is 2.91. The monoisotopic (exact) mass is 330 g/mol. The number of halogens is 1. The maximum Gasteiger partial charge on any atom is 0.326 e. The van der Waals surface area contributed by atoms with Crippen LogP contribution in [0.4, 0.5) is 10.5 Å². The van der Waals surface area contributed by atoms with Gasteiger partial charge in [-0.05, 0) is 30.7 Å². The summed E-state index contributed by atoms with van der Waals surface area (Å²) < 4.78 is 0. The Balaban J connectivity index is 0.00000400. The van der Waals surface area contributed by atoms with Crippen molar-refractivity contribution in [1.82, 2.24) is 5.32 Å². The number of carbonyl (C=O) groups is 1. The Morgan fingerprint density at radius 1 is 1.33 bits per heavy atom. The lowest BCUT2D eigenvalue weighted by Crippen LogP contribution is -2.40. The zero-order valence-corrected chi connectivity index (χ0v) is 14.2. The molecule has 0 spiro atoms. The second-order valence-corrected chi connectivity index (χ2v) is 5.70. The molecule has 0 fully saturated rings. The van der Waals surface area contributed by atoms with Crippen LogP contribution in [0.3, 0.4) is 0 Å². The van der Waals surface area contributed by atoms with Crippen molar-refractivity contribution in [2.75, 3.05) is 23.4 Å². The first-order chi connectivity index (χ1) is 9.54. The molecular weight excluding hydrogens is 308 g/mol. The molecule has 0 heterocycles. The molecular formula is C14H23ClN4OS. The molecule has 21 heavy (non-hydrogen) atoms. The van der Waals surface area contributed by atoms with Crippen molar-refractivity contribution in [1.29, 1.82) is 0 Å². The van der Waals surface area contributed by atoms with Crippen LogP contribution in [0, 0.1) is 13.8 Å². The van der Waals surface area contributed by atoms with E-state index in [0.717, 1.165) is 28.3 Å². The summed E-state index contributed by atoms with van der Waals surface area (Å²) in [5, 5.41) is 5.32. The van der Waals surface area contributed by atoms with E-state index in [2.05, 4.69) is 22.5 Å². The number of thioether (sulfide) groups is 1. The Hall–Kier alpha value is -1.40. The molecule has 5 nitrogen and oxygen atoms in total. The highest BCUT2D eigenvalue weighted by molar-refractivity contribution is 7.99. The van der Waals surface area contributed by atoms with Crippen molar-refractivity contribution in [3.05, 3.63) is 29.3 Å². The maximum atomic E-state index is 11.8. The van der Waals surface area contributed by atoms with E-state index < -0.39 is 0 Å². The molecule has 0 atom stereocenters.